The van der Waals surface area contributed by atoms with Crippen LogP contribution in [0.1, 0.15) is 23.2 Å². The Morgan fingerprint density at radius 1 is 1.07 bits per heavy atom. The van der Waals surface area contributed by atoms with Crippen molar-refractivity contribution < 1.29 is 31.5 Å². The summed E-state index contributed by atoms with van der Waals surface area (Å²) in [5.74, 6) is -4.34. The number of aliphatic hydroxyl groups is 1. The molecule has 1 aliphatic heterocycles. The Bertz CT molecular complexity index is 1050. The van der Waals surface area contributed by atoms with Crippen molar-refractivity contribution in [3.8, 4) is 0 Å². The normalized spacial score (nSPS) is 16.0. The molecule has 0 bridgehead atoms. The molecule has 0 aromatic heterocycles. The molecule has 11 heteroatoms. The molecule has 3 rings (SSSR count). The van der Waals surface area contributed by atoms with Crippen LogP contribution in [0.3, 0.4) is 0 Å². The fourth-order valence-electron chi connectivity index (χ4n) is 2.96. The molecule has 1 amide bonds. The van der Waals surface area contributed by atoms with Crippen LogP contribution >= 0.6 is 0 Å². The number of benzene rings is 2. The first-order chi connectivity index (χ1) is 13.6. The number of anilines is 2. The summed E-state index contributed by atoms with van der Waals surface area (Å²) in [5, 5.41) is 11.8. The van der Waals surface area contributed by atoms with Crippen LogP contribution in [-0.2, 0) is 10.0 Å². The van der Waals surface area contributed by atoms with Crippen molar-refractivity contribution in [1.29, 1.82) is 0 Å². The zero-order valence-electron chi connectivity index (χ0n) is 15.0. The third kappa shape index (κ3) is 4.36. The molecule has 29 heavy (non-hydrogen) atoms. The summed E-state index contributed by atoms with van der Waals surface area (Å²) in [7, 11) is -4.27. The number of halogens is 3. The van der Waals surface area contributed by atoms with E-state index >= 15 is 0 Å². The summed E-state index contributed by atoms with van der Waals surface area (Å²) < 4.78 is 67.3. The Kier molecular flexibility index (Phi) is 5.82. The number of nitrogen functional groups attached to an aromatic ring is 1. The number of carbonyl (C=O) groups is 1. The fourth-order valence-corrected chi connectivity index (χ4v) is 4.50. The Hall–Kier alpha value is -2.63. The summed E-state index contributed by atoms with van der Waals surface area (Å²) in [6.07, 6.45) is -0.214. The highest BCUT2D eigenvalue weighted by molar-refractivity contribution is 7.89. The van der Waals surface area contributed by atoms with E-state index in [9.17, 15) is 31.5 Å². The minimum atomic E-state index is -4.27. The Balaban J connectivity index is 1.92. The monoisotopic (exact) mass is 429 g/mol. The van der Waals surface area contributed by atoms with Gasteiger partial charge in [0, 0.05) is 30.5 Å². The average molecular weight is 429 g/mol. The number of rotatable bonds is 4. The molecule has 0 spiro atoms. The number of sulfonamides is 1. The van der Waals surface area contributed by atoms with Crippen molar-refractivity contribution >= 4 is 27.3 Å². The average Bonchev–Trinajstić information content (AvgIpc) is 2.65. The van der Waals surface area contributed by atoms with Crippen molar-refractivity contribution in [3.05, 3.63) is 53.3 Å². The van der Waals surface area contributed by atoms with E-state index < -0.39 is 44.4 Å². The second-order valence-corrected chi connectivity index (χ2v) is 8.49. The topological polar surface area (TPSA) is 113 Å². The first kappa shape index (κ1) is 21.1. The van der Waals surface area contributed by atoms with Crippen LogP contribution < -0.4 is 11.1 Å². The molecular formula is C18H18F3N3O4S. The van der Waals surface area contributed by atoms with E-state index in [4.69, 9.17) is 5.73 Å². The number of nitrogens with one attached hydrogen (secondary N) is 1. The van der Waals surface area contributed by atoms with Crippen LogP contribution in [0, 0.1) is 17.5 Å². The Morgan fingerprint density at radius 2 is 1.72 bits per heavy atom. The van der Waals surface area contributed by atoms with E-state index in [1.54, 1.807) is 0 Å². The number of piperidine rings is 1. The second-order valence-electron chi connectivity index (χ2n) is 6.59. The number of hydrogen-bond donors (Lipinski definition) is 3. The van der Waals surface area contributed by atoms with Gasteiger partial charge in [-0.1, -0.05) is 0 Å². The van der Waals surface area contributed by atoms with Gasteiger partial charge in [-0.15, -0.1) is 0 Å². The Morgan fingerprint density at radius 3 is 2.34 bits per heavy atom. The minimum absolute atomic E-state index is 0.00367. The third-order valence-corrected chi connectivity index (χ3v) is 6.48. The van der Waals surface area contributed by atoms with Crippen LogP contribution in [0.5, 0.6) is 0 Å². The minimum Gasteiger partial charge on any atom is -0.398 e. The van der Waals surface area contributed by atoms with Gasteiger partial charge >= 0.3 is 0 Å². The molecule has 1 fully saturated rings. The molecule has 0 saturated carbocycles. The van der Waals surface area contributed by atoms with Crippen LogP contribution in [-0.4, -0.2) is 42.9 Å². The number of carbonyl (C=O) groups excluding carboxylic acids is 1. The molecule has 0 atom stereocenters. The molecule has 2 aromatic carbocycles. The lowest BCUT2D eigenvalue weighted by Crippen LogP contribution is -2.40. The lowest BCUT2D eigenvalue weighted by atomic mass is 10.1. The van der Waals surface area contributed by atoms with E-state index in [0.717, 1.165) is 28.6 Å². The van der Waals surface area contributed by atoms with Gasteiger partial charge in [0.2, 0.25) is 10.0 Å². The zero-order chi connectivity index (χ0) is 21.3. The van der Waals surface area contributed by atoms with E-state index in [1.165, 1.54) is 0 Å². The predicted molar refractivity (Wildman–Crippen MR) is 99.1 cm³/mol. The zero-order valence-corrected chi connectivity index (χ0v) is 15.8. The third-order valence-electron chi connectivity index (χ3n) is 4.57. The van der Waals surface area contributed by atoms with Crippen LogP contribution in [0.15, 0.2) is 35.2 Å². The maximum atomic E-state index is 14.4. The fraction of sp³-hybridized carbons (Fsp3) is 0.278. The largest absolute Gasteiger partial charge is 0.398 e. The van der Waals surface area contributed by atoms with Crippen LogP contribution in [0.2, 0.25) is 0 Å². The summed E-state index contributed by atoms with van der Waals surface area (Å²) >= 11 is 0. The highest BCUT2D eigenvalue weighted by Crippen LogP contribution is 2.27. The lowest BCUT2D eigenvalue weighted by Gasteiger charge is -2.29. The van der Waals surface area contributed by atoms with Crippen LogP contribution in [0.25, 0.3) is 0 Å². The van der Waals surface area contributed by atoms with Gasteiger partial charge in [-0.2, -0.15) is 4.31 Å². The summed E-state index contributed by atoms with van der Waals surface area (Å²) in [6.45, 7) is 0.00735. The first-order valence-electron chi connectivity index (χ1n) is 8.63. The van der Waals surface area contributed by atoms with E-state index in [0.29, 0.717) is 6.07 Å². The SMILES string of the molecule is Nc1cc(F)c(S(=O)(=O)N2CCC(O)CC2)cc1C(=O)Nc1ccc(F)c(F)c1. The van der Waals surface area contributed by atoms with Gasteiger partial charge in [0.1, 0.15) is 10.7 Å². The molecular weight excluding hydrogens is 411 g/mol. The summed E-state index contributed by atoms with van der Waals surface area (Å²) in [4.78, 5) is 11.7. The van der Waals surface area contributed by atoms with Gasteiger partial charge in [-0.3, -0.25) is 4.79 Å². The van der Waals surface area contributed by atoms with Gasteiger partial charge in [0.05, 0.1) is 11.7 Å². The Labute approximate surface area is 165 Å². The molecule has 1 heterocycles. The molecule has 4 N–H and O–H groups in total. The highest BCUT2D eigenvalue weighted by atomic mass is 32.2. The van der Waals surface area contributed by atoms with Gasteiger partial charge in [0.25, 0.3) is 5.91 Å². The summed E-state index contributed by atoms with van der Waals surface area (Å²) in [6, 6.07) is 4.17. The summed E-state index contributed by atoms with van der Waals surface area (Å²) in [5.41, 5.74) is 4.91. The number of nitrogens with zero attached hydrogens (tertiary/aromatic N) is 1. The van der Waals surface area contributed by atoms with Crippen molar-refractivity contribution in [1.82, 2.24) is 4.31 Å². The lowest BCUT2D eigenvalue weighted by molar-refractivity contribution is 0.102. The van der Waals surface area contributed by atoms with Gasteiger partial charge in [0.15, 0.2) is 11.6 Å². The molecule has 0 unspecified atom stereocenters. The number of nitrogens with two attached hydrogens (primary N) is 1. The molecule has 1 aliphatic rings. The quantitative estimate of drug-likeness (QED) is 0.645. The van der Waals surface area contributed by atoms with E-state index in [2.05, 4.69) is 5.32 Å². The van der Waals surface area contributed by atoms with Crippen molar-refractivity contribution in [3.63, 3.8) is 0 Å². The molecule has 156 valence electrons. The van der Waals surface area contributed by atoms with Crippen molar-refractivity contribution in [2.75, 3.05) is 24.1 Å². The molecule has 2 aromatic rings. The van der Waals surface area contributed by atoms with Crippen molar-refractivity contribution in [2.45, 2.75) is 23.8 Å². The second kappa shape index (κ2) is 8.01. The molecule has 7 nitrogen and oxygen atoms in total. The van der Waals surface area contributed by atoms with E-state index in [-0.39, 0.29) is 42.9 Å². The maximum Gasteiger partial charge on any atom is 0.257 e. The maximum absolute atomic E-state index is 14.4. The smallest absolute Gasteiger partial charge is 0.257 e. The molecule has 0 aliphatic carbocycles. The number of aliphatic hydroxyl groups excluding tert-OH is 1. The molecule has 0 radical (unpaired) electrons. The standard InChI is InChI=1S/C18H18F3N3O4S/c19-13-2-1-10(7-14(13)20)23-18(26)12-8-17(15(21)9-16(12)22)29(27,28)24-5-3-11(25)4-6-24/h1-2,7-9,11,25H,3-6,22H2,(H,23,26). The highest BCUT2D eigenvalue weighted by Gasteiger charge is 2.32. The van der Waals surface area contributed by atoms with Gasteiger partial charge < -0.3 is 16.2 Å². The van der Waals surface area contributed by atoms with Gasteiger partial charge in [-0.25, -0.2) is 21.6 Å². The van der Waals surface area contributed by atoms with Crippen molar-refractivity contribution in [2.24, 2.45) is 0 Å². The van der Waals surface area contributed by atoms with E-state index in [1.807, 2.05) is 0 Å². The number of hydrogen-bond acceptors (Lipinski definition) is 5. The van der Waals surface area contributed by atoms with Gasteiger partial charge in [-0.05, 0) is 37.1 Å². The predicted octanol–water partition coefficient (Wildman–Crippen LogP) is 2.08. The van der Waals surface area contributed by atoms with Crippen LogP contribution in [0.4, 0.5) is 24.5 Å². The first-order valence-corrected chi connectivity index (χ1v) is 10.1. The molecule has 1 saturated heterocycles. The number of amides is 1.